The zero-order chi connectivity index (χ0) is 18.5. The quantitative estimate of drug-likeness (QED) is 0.900. The van der Waals surface area contributed by atoms with E-state index < -0.39 is 17.2 Å². The minimum absolute atomic E-state index is 0.00985. The van der Waals surface area contributed by atoms with E-state index in [1.807, 2.05) is 24.3 Å². The fourth-order valence-electron chi connectivity index (χ4n) is 3.99. The van der Waals surface area contributed by atoms with E-state index >= 15 is 0 Å². The Morgan fingerprint density at radius 1 is 1.27 bits per heavy atom. The van der Waals surface area contributed by atoms with Gasteiger partial charge in [0.05, 0.1) is 0 Å². The minimum Gasteiger partial charge on any atom is -0.492 e. The predicted octanol–water partition coefficient (Wildman–Crippen LogP) is 2.84. The summed E-state index contributed by atoms with van der Waals surface area (Å²) in [4.78, 5) is 26.6. The number of para-hydroxylation sites is 1. The Hall–Kier alpha value is -2.89. The Kier molecular flexibility index (Phi) is 3.72. The Labute approximate surface area is 150 Å². The molecule has 1 N–H and O–H groups in total. The van der Waals surface area contributed by atoms with Gasteiger partial charge in [-0.05, 0) is 30.7 Å². The maximum absolute atomic E-state index is 13.6. The lowest BCUT2D eigenvalue weighted by atomic mass is 9.73. The molecule has 0 aliphatic carbocycles. The van der Waals surface area contributed by atoms with Crippen molar-refractivity contribution in [2.75, 3.05) is 19.7 Å². The highest BCUT2D eigenvalue weighted by Gasteiger charge is 2.57. The standard InChI is InChI=1S/C20H18FNO4/c1-12-6-7-13(21)8-15(12)18(23)22-9-16-14-4-2-3-5-17(14)26-11-20(16,10-22)19(24)25/h2-8,16H,9-11H2,1H3,(H,24,25)/t16-,20-/m1/s1. The van der Waals surface area contributed by atoms with Crippen molar-refractivity contribution < 1.29 is 23.8 Å². The van der Waals surface area contributed by atoms with E-state index in [1.165, 1.54) is 17.0 Å². The first kappa shape index (κ1) is 16.6. The van der Waals surface area contributed by atoms with E-state index in [0.29, 0.717) is 11.3 Å². The number of nitrogens with zero attached hydrogens (tertiary/aromatic N) is 1. The van der Waals surface area contributed by atoms with Gasteiger partial charge in [-0.25, -0.2) is 4.39 Å². The van der Waals surface area contributed by atoms with Gasteiger partial charge in [0.15, 0.2) is 0 Å². The summed E-state index contributed by atoms with van der Waals surface area (Å²) >= 11 is 0. The molecule has 0 radical (unpaired) electrons. The molecule has 1 fully saturated rings. The molecule has 2 aromatic carbocycles. The summed E-state index contributed by atoms with van der Waals surface area (Å²) < 4.78 is 19.3. The van der Waals surface area contributed by atoms with Crippen molar-refractivity contribution in [2.45, 2.75) is 12.8 Å². The van der Waals surface area contributed by atoms with Crippen LogP contribution in [-0.2, 0) is 4.79 Å². The number of halogens is 1. The molecular weight excluding hydrogens is 337 g/mol. The highest BCUT2D eigenvalue weighted by Crippen LogP contribution is 2.50. The van der Waals surface area contributed by atoms with Crippen LogP contribution in [0, 0.1) is 18.2 Å². The number of amides is 1. The summed E-state index contributed by atoms with van der Waals surface area (Å²) in [5.41, 5.74) is 0.531. The number of hydrogen-bond acceptors (Lipinski definition) is 3. The van der Waals surface area contributed by atoms with E-state index in [2.05, 4.69) is 0 Å². The van der Waals surface area contributed by atoms with Crippen LogP contribution in [0.5, 0.6) is 5.75 Å². The Balaban J connectivity index is 1.73. The topological polar surface area (TPSA) is 66.8 Å². The van der Waals surface area contributed by atoms with Crippen molar-refractivity contribution in [1.82, 2.24) is 4.90 Å². The lowest BCUT2D eigenvalue weighted by Gasteiger charge is -2.35. The van der Waals surface area contributed by atoms with Gasteiger partial charge < -0.3 is 14.7 Å². The molecular formula is C20H18FNO4. The van der Waals surface area contributed by atoms with Gasteiger partial charge in [0.2, 0.25) is 0 Å². The number of aliphatic carboxylic acids is 1. The van der Waals surface area contributed by atoms with Crippen LogP contribution in [0.15, 0.2) is 42.5 Å². The maximum atomic E-state index is 13.6. The van der Waals surface area contributed by atoms with Crippen LogP contribution < -0.4 is 4.74 Å². The molecule has 0 saturated carbocycles. The van der Waals surface area contributed by atoms with E-state index in [-0.39, 0.29) is 37.1 Å². The van der Waals surface area contributed by atoms with Crippen LogP contribution in [-0.4, -0.2) is 41.6 Å². The SMILES string of the molecule is Cc1ccc(F)cc1C(=O)N1C[C@@H]2c3ccccc3OC[C@]2(C(=O)O)C1. The van der Waals surface area contributed by atoms with Crippen LogP contribution in [0.3, 0.4) is 0 Å². The van der Waals surface area contributed by atoms with Crippen molar-refractivity contribution in [2.24, 2.45) is 5.41 Å². The number of carboxylic acid groups (broad SMARTS) is 1. The Morgan fingerprint density at radius 3 is 2.81 bits per heavy atom. The van der Waals surface area contributed by atoms with Crippen LogP contribution in [0.1, 0.15) is 27.4 Å². The molecule has 6 heteroatoms. The van der Waals surface area contributed by atoms with Gasteiger partial charge >= 0.3 is 5.97 Å². The summed E-state index contributed by atoms with van der Waals surface area (Å²) in [6.07, 6.45) is 0. The molecule has 2 aliphatic heterocycles. The fraction of sp³-hybridized carbons (Fsp3) is 0.300. The van der Waals surface area contributed by atoms with Gasteiger partial charge in [0.1, 0.15) is 23.6 Å². The molecule has 134 valence electrons. The highest BCUT2D eigenvalue weighted by atomic mass is 19.1. The first-order chi connectivity index (χ1) is 12.4. The number of carbonyl (C=O) groups excluding carboxylic acids is 1. The molecule has 2 atom stereocenters. The number of carboxylic acids is 1. The molecule has 2 heterocycles. The van der Waals surface area contributed by atoms with Crippen molar-refractivity contribution in [3.63, 3.8) is 0 Å². The number of hydrogen-bond donors (Lipinski definition) is 1. The van der Waals surface area contributed by atoms with Crippen LogP contribution in [0.25, 0.3) is 0 Å². The van der Waals surface area contributed by atoms with E-state index in [1.54, 1.807) is 13.0 Å². The molecule has 5 nitrogen and oxygen atoms in total. The number of likely N-dealkylation sites (tertiary alicyclic amines) is 1. The molecule has 4 rings (SSSR count). The average Bonchev–Trinajstić information content (AvgIpc) is 3.05. The molecule has 0 spiro atoms. The third kappa shape index (κ3) is 2.36. The first-order valence-corrected chi connectivity index (χ1v) is 8.43. The largest absolute Gasteiger partial charge is 0.492 e. The Morgan fingerprint density at radius 2 is 2.04 bits per heavy atom. The lowest BCUT2D eigenvalue weighted by molar-refractivity contribution is -0.151. The number of carbonyl (C=O) groups is 2. The molecule has 0 bridgehead atoms. The number of ether oxygens (including phenoxy) is 1. The molecule has 1 amide bonds. The van der Waals surface area contributed by atoms with E-state index in [4.69, 9.17) is 4.74 Å². The van der Waals surface area contributed by atoms with Crippen molar-refractivity contribution in [1.29, 1.82) is 0 Å². The number of aryl methyl sites for hydroxylation is 1. The molecule has 26 heavy (non-hydrogen) atoms. The van der Waals surface area contributed by atoms with Crippen molar-refractivity contribution in [3.8, 4) is 5.75 Å². The lowest BCUT2D eigenvalue weighted by Crippen LogP contribution is -2.46. The van der Waals surface area contributed by atoms with E-state index in [9.17, 15) is 19.1 Å². The molecule has 1 saturated heterocycles. The summed E-state index contributed by atoms with van der Waals surface area (Å²) in [6.45, 7) is 2.05. The molecule has 2 aromatic rings. The van der Waals surface area contributed by atoms with Gasteiger partial charge in [-0.1, -0.05) is 24.3 Å². The monoisotopic (exact) mass is 355 g/mol. The summed E-state index contributed by atoms with van der Waals surface area (Å²) in [5.74, 6) is -1.52. The van der Waals surface area contributed by atoms with Crippen LogP contribution >= 0.6 is 0 Å². The average molecular weight is 355 g/mol. The molecule has 2 aliphatic rings. The number of benzene rings is 2. The van der Waals surface area contributed by atoms with E-state index in [0.717, 1.165) is 5.56 Å². The summed E-state index contributed by atoms with van der Waals surface area (Å²) in [7, 11) is 0. The van der Waals surface area contributed by atoms with Gasteiger partial charge in [-0.15, -0.1) is 0 Å². The predicted molar refractivity (Wildman–Crippen MR) is 91.8 cm³/mol. The summed E-state index contributed by atoms with van der Waals surface area (Å²) in [5, 5.41) is 9.92. The van der Waals surface area contributed by atoms with Crippen LogP contribution in [0.4, 0.5) is 4.39 Å². The fourth-order valence-corrected chi connectivity index (χ4v) is 3.99. The summed E-state index contributed by atoms with van der Waals surface area (Å²) in [6, 6.07) is 11.4. The van der Waals surface area contributed by atoms with Crippen molar-refractivity contribution in [3.05, 3.63) is 65.0 Å². The zero-order valence-electron chi connectivity index (χ0n) is 14.2. The minimum atomic E-state index is -1.19. The van der Waals surface area contributed by atoms with Gasteiger partial charge in [-0.3, -0.25) is 9.59 Å². The number of fused-ring (bicyclic) bond motifs is 3. The van der Waals surface area contributed by atoms with Gasteiger partial charge in [0, 0.05) is 30.1 Å². The highest BCUT2D eigenvalue weighted by molar-refractivity contribution is 5.96. The van der Waals surface area contributed by atoms with Crippen LogP contribution in [0.2, 0.25) is 0 Å². The second kappa shape index (κ2) is 5.83. The smallest absolute Gasteiger partial charge is 0.315 e. The third-order valence-electron chi connectivity index (χ3n) is 5.47. The maximum Gasteiger partial charge on any atom is 0.315 e. The van der Waals surface area contributed by atoms with Gasteiger partial charge in [0.25, 0.3) is 5.91 Å². The third-order valence-corrected chi connectivity index (χ3v) is 5.47. The zero-order valence-corrected chi connectivity index (χ0v) is 14.2. The normalized spacial score (nSPS) is 23.8. The second-order valence-electron chi connectivity index (χ2n) is 6.99. The first-order valence-electron chi connectivity index (χ1n) is 8.43. The molecule has 0 unspecified atom stereocenters. The number of rotatable bonds is 2. The molecule has 0 aromatic heterocycles. The Bertz CT molecular complexity index is 912. The van der Waals surface area contributed by atoms with Gasteiger partial charge in [-0.2, -0.15) is 0 Å². The van der Waals surface area contributed by atoms with Crippen molar-refractivity contribution >= 4 is 11.9 Å². The second-order valence-corrected chi connectivity index (χ2v) is 6.99.